The van der Waals surface area contributed by atoms with Crippen molar-refractivity contribution in [3.8, 4) is 17.0 Å². The van der Waals surface area contributed by atoms with Gasteiger partial charge in [-0.3, -0.25) is 9.59 Å². The summed E-state index contributed by atoms with van der Waals surface area (Å²) in [5.41, 5.74) is 3.55. The standard InChI is InChI=1S/C27H32FN5O3/c1-3-22(34)32-18-7-9-19(10-8-18)33-27(35)23-15(2)31-26-24(29-14-30-25(23)26)20-11-6-17(28)12-21(20)36-13-16-4-5-16/h6,11-12,14,16,18-19,31H,3-5,7-10,13H2,1-2H3,(H,32,34)(H,33,35). The molecule has 8 nitrogen and oxygen atoms in total. The number of halogens is 1. The van der Waals surface area contributed by atoms with E-state index in [9.17, 15) is 14.0 Å². The maximum atomic E-state index is 14.0. The number of carbonyl (C=O) groups is 2. The lowest BCUT2D eigenvalue weighted by Crippen LogP contribution is -2.43. The van der Waals surface area contributed by atoms with Crippen LogP contribution in [0.15, 0.2) is 24.5 Å². The van der Waals surface area contributed by atoms with Gasteiger partial charge < -0.3 is 20.4 Å². The first kappa shape index (κ1) is 24.2. The van der Waals surface area contributed by atoms with E-state index in [1.54, 1.807) is 6.07 Å². The van der Waals surface area contributed by atoms with Crippen LogP contribution in [0.1, 0.15) is 67.9 Å². The zero-order chi connectivity index (χ0) is 25.2. The molecular formula is C27H32FN5O3. The molecule has 0 aliphatic heterocycles. The van der Waals surface area contributed by atoms with Gasteiger partial charge >= 0.3 is 0 Å². The molecule has 5 rings (SSSR count). The Balaban J connectivity index is 1.36. The zero-order valence-corrected chi connectivity index (χ0v) is 20.7. The van der Waals surface area contributed by atoms with E-state index in [4.69, 9.17) is 4.74 Å². The summed E-state index contributed by atoms with van der Waals surface area (Å²) in [5.74, 6) is 0.463. The third-order valence-electron chi connectivity index (χ3n) is 7.12. The van der Waals surface area contributed by atoms with Gasteiger partial charge in [0, 0.05) is 35.8 Å². The van der Waals surface area contributed by atoms with E-state index >= 15 is 0 Å². The van der Waals surface area contributed by atoms with E-state index in [0.717, 1.165) is 38.5 Å². The fourth-order valence-electron chi connectivity index (χ4n) is 4.88. The maximum Gasteiger partial charge on any atom is 0.255 e. The van der Waals surface area contributed by atoms with Crippen LogP contribution in [0.25, 0.3) is 22.3 Å². The van der Waals surface area contributed by atoms with Crippen molar-refractivity contribution in [2.24, 2.45) is 5.92 Å². The molecule has 2 aromatic heterocycles. The van der Waals surface area contributed by atoms with E-state index < -0.39 is 0 Å². The second-order valence-electron chi connectivity index (χ2n) is 9.91. The quantitative estimate of drug-likeness (QED) is 0.430. The van der Waals surface area contributed by atoms with Gasteiger partial charge in [-0.2, -0.15) is 0 Å². The predicted octanol–water partition coefficient (Wildman–Crippen LogP) is 4.43. The Labute approximate surface area is 209 Å². The van der Waals surface area contributed by atoms with E-state index in [1.165, 1.54) is 18.5 Å². The average molecular weight is 494 g/mol. The van der Waals surface area contributed by atoms with Crippen LogP contribution >= 0.6 is 0 Å². The number of benzene rings is 1. The molecule has 2 heterocycles. The van der Waals surface area contributed by atoms with Crippen molar-refractivity contribution in [3.63, 3.8) is 0 Å². The Kier molecular flexibility index (Phi) is 6.89. The van der Waals surface area contributed by atoms with Crippen LogP contribution in [0.4, 0.5) is 4.39 Å². The summed E-state index contributed by atoms with van der Waals surface area (Å²) in [6.45, 7) is 4.23. The smallest absolute Gasteiger partial charge is 0.255 e. The molecular weight excluding hydrogens is 461 g/mol. The molecule has 3 N–H and O–H groups in total. The fourth-order valence-corrected chi connectivity index (χ4v) is 4.88. The number of rotatable bonds is 8. The summed E-state index contributed by atoms with van der Waals surface area (Å²) in [6, 6.07) is 4.63. The minimum atomic E-state index is -0.374. The van der Waals surface area contributed by atoms with Crippen LogP contribution in [0.3, 0.4) is 0 Å². The van der Waals surface area contributed by atoms with Gasteiger partial charge in [0.2, 0.25) is 5.91 Å². The summed E-state index contributed by atoms with van der Waals surface area (Å²) in [5, 5.41) is 6.20. The monoisotopic (exact) mass is 493 g/mol. The second kappa shape index (κ2) is 10.2. The molecule has 0 unspecified atom stereocenters. The molecule has 1 aromatic carbocycles. The first-order valence-electron chi connectivity index (χ1n) is 12.8. The van der Waals surface area contributed by atoms with Crippen molar-refractivity contribution >= 4 is 22.8 Å². The second-order valence-corrected chi connectivity index (χ2v) is 9.91. The van der Waals surface area contributed by atoms with Crippen molar-refractivity contribution in [1.29, 1.82) is 0 Å². The summed E-state index contributed by atoms with van der Waals surface area (Å²) < 4.78 is 20.0. The number of aryl methyl sites for hydroxylation is 1. The highest BCUT2D eigenvalue weighted by atomic mass is 19.1. The number of hydrogen-bond acceptors (Lipinski definition) is 5. The van der Waals surface area contributed by atoms with E-state index in [-0.39, 0.29) is 29.7 Å². The molecule has 0 bridgehead atoms. The van der Waals surface area contributed by atoms with Gasteiger partial charge in [-0.25, -0.2) is 14.4 Å². The molecule has 0 spiro atoms. The van der Waals surface area contributed by atoms with Gasteiger partial charge in [0.15, 0.2) is 0 Å². The number of fused-ring (bicyclic) bond motifs is 1. The van der Waals surface area contributed by atoms with Crippen molar-refractivity contribution < 1.29 is 18.7 Å². The van der Waals surface area contributed by atoms with Gasteiger partial charge in [-0.1, -0.05) is 6.92 Å². The average Bonchev–Trinajstić information content (AvgIpc) is 3.63. The molecule has 0 atom stereocenters. The number of H-pyrrole nitrogens is 1. The highest BCUT2D eigenvalue weighted by Gasteiger charge is 2.27. The number of amides is 2. The lowest BCUT2D eigenvalue weighted by molar-refractivity contribution is -0.121. The molecule has 0 saturated heterocycles. The number of aromatic amines is 1. The summed E-state index contributed by atoms with van der Waals surface area (Å²) >= 11 is 0. The molecule has 3 aromatic rings. The third kappa shape index (κ3) is 5.20. The Bertz CT molecular complexity index is 1280. The Morgan fingerprint density at radius 2 is 1.81 bits per heavy atom. The van der Waals surface area contributed by atoms with Gasteiger partial charge in [0.25, 0.3) is 5.91 Å². The topological polar surface area (TPSA) is 109 Å². The van der Waals surface area contributed by atoms with Gasteiger partial charge in [0.05, 0.1) is 17.7 Å². The molecule has 2 aliphatic carbocycles. The Hall–Kier alpha value is -3.49. The number of carbonyl (C=O) groups excluding carboxylic acids is 2. The van der Waals surface area contributed by atoms with Crippen LogP contribution in [0.5, 0.6) is 5.75 Å². The number of nitrogens with one attached hydrogen (secondary N) is 3. The minimum absolute atomic E-state index is 0.0393. The van der Waals surface area contributed by atoms with Crippen molar-refractivity contribution in [3.05, 3.63) is 41.6 Å². The summed E-state index contributed by atoms with van der Waals surface area (Å²) in [7, 11) is 0. The van der Waals surface area contributed by atoms with Crippen LogP contribution in [0, 0.1) is 18.7 Å². The lowest BCUT2D eigenvalue weighted by atomic mass is 9.91. The highest BCUT2D eigenvalue weighted by Crippen LogP contribution is 2.36. The Morgan fingerprint density at radius 1 is 1.08 bits per heavy atom. The van der Waals surface area contributed by atoms with Crippen LogP contribution < -0.4 is 15.4 Å². The van der Waals surface area contributed by atoms with Gasteiger partial charge in [-0.15, -0.1) is 0 Å². The maximum absolute atomic E-state index is 14.0. The molecule has 2 amide bonds. The van der Waals surface area contributed by atoms with Crippen molar-refractivity contribution in [2.45, 2.75) is 70.9 Å². The molecule has 36 heavy (non-hydrogen) atoms. The third-order valence-corrected chi connectivity index (χ3v) is 7.12. The van der Waals surface area contributed by atoms with Crippen LogP contribution in [-0.4, -0.2) is 45.5 Å². The number of nitrogens with zero attached hydrogens (tertiary/aromatic N) is 2. The first-order valence-corrected chi connectivity index (χ1v) is 12.8. The van der Waals surface area contributed by atoms with Crippen molar-refractivity contribution in [2.75, 3.05) is 6.61 Å². The number of ether oxygens (including phenoxy) is 1. The van der Waals surface area contributed by atoms with E-state index in [1.807, 2.05) is 13.8 Å². The summed E-state index contributed by atoms with van der Waals surface area (Å²) in [4.78, 5) is 37.2. The number of hydrogen-bond donors (Lipinski definition) is 3. The molecule has 2 saturated carbocycles. The fraction of sp³-hybridized carbons (Fsp3) is 0.481. The van der Waals surface area contributed by atoms with Crippen molar-refractivity contribution in [1.82, 2.24) is 25.6 Å². The van der Waals surface area contributed by atoms with Crippen LogP contribution in [-0.2, 0) is 4.79 Å². The van der Waals surface area contributed by atoms with E-state index in [0.29, 0.717) is 58.2 Å². The van der Waals surface area contributed by atoms with Gasteiger partial charge in [-0.05, 0) is 63.5 Å². The van der Waals surface area contributed by atoms with E-state index in [2.05, 4.69) is 25.6 Å². The molecule has 9 heteroatoms. The molecule has 2 fully saturated rings. The number of aromatic nitrogens is 3. The largest absolute Gasteiger partial charge is 0.492 e. The first-order chi connectivity index (χ1) is 17.4. The van der Waals surface area contributed by atoms with Crippen LogP contribution in [0.2, 0.25) is 0 Å². The molecule has 190 valence electrons. The lowest BCUT2D eigenvalue weighted by Gasteiger charge is -2.29. The predicted molar refractivity (Wildman–Crippen MR) is 134 cm³/mol. The SMILES string of the molecule is CCC(=O)NC1CCC(NC(=O)c2c(C)[nH]c3c(-c4ccc(F)cc4OCC4CC4)ncnc23)CC1. The molecule has 0 radical (unpaired) electrons. The normalized spacial score (nSPS) is 19.8. The molecule has 2 aliphatic rings. The zero-order valence-electron chi connectivity index (χ0n) is 20.7. The van der Waals surface area contributed by atoms with Gasteiger partial charge in [0.1, 0.15) is 29.1 Å². The Morgan fingerprint density at radius 3 is 2.50 bits per heavy atom. The minimum Gasteiger partial charge on any atom is -0.492 e. The summed E-state index contributed by atoms with van der Waals surface area (Å²) in [6.07, 6.45) is 7.45. The highest BCUT2D eigenvalue weighted by molar-refractivity contribution is 6.09.